The minimum Gasteiger partial charge on any atom is -0.478 e. The zero-order chi connectivity index (χ0) is 15.1. The monoisotopic (exact) mass is 278 g/mol. The van der Waals surface area contributed by atoms with Crippen LogP contribution in [0.2, 0.25) is 0 Å². The summed E-state index contributed by atoms with van der Waals surface area (Å²) in [6.45, 7) is 0. The Morgan fingerprint density at radius 1 is 0.810 bits per heavy atom. The number of aliphatic carboxylic acids is 1. The van der Waals surface area contributed by atoms with E-state index in [0.717, 1.165) is 11.6 Å². The van der Waals surface area contributed by atoms with Crippen molar-refractivity contribution in [1.29, 1.82) is 0 Å². The normalized spacial score (nSPS) is 11.0. The van der Waals surface area contributed by atoms with E-state index in [0.29, 0.717) is 11.1 Å². The van der Waals surface area contributed by atoms with E-state index in [9.17, 15) is 9.59 Å². The van der Waals surface area contributed by atoms with Gasteiger partial charge in [0.05, 0.1) is 0 Å². The van der Waals surface area contributed by atoms with Crippen molar-refractivity contribution >= 4 is 23.9 Å². The molecule has 0 spiro atoms. The predicted octanol–water partition coefficient (Wildman–Crippen LogP) is 3.68. The maximum absolute atomic E-state index is 12.1. The quantitative estimate of drug-likeness (QED) is 0.670. The largest absolute Gasteiger partial charge is 0.478 e. The zero-order valence-electron chi connectivity index (χ0n) is 11.3. The van der Waals surface area contributed by atoms with Crippen LogP contribution in [0.1, 0.15) is 21.5 Å². The first-order valence-electron chi connectivity index (χ1n) is 6.44. The topological polar surface area (TPSA) is 54.4 Å². The lowest BCUT2D eigenvalue weighted by molar-refractivity contribution is -0.131. The van der Waals surface area contributed by atoms with Crippen LogP contribution in [-0.2, 0) is 4.79 Å². The van der Waals surface area contributed by atoms with Crippen molar-refractivity contribution in [3.63, 3.8) is 0 Å². The first kappa shape index (κ1) is 14.5. The van der Waals surface area contributed by atoms with Gasteiger partial charge in [-0.05, 0) is 29.3 Å². The van der Waals surface area contributed by atoms with Crippen LogP contribution in [0.5, 0.6) is 0 Å². The van der Waals surface area contributed by atoms with Crippen molar-refractivity contribution in [2.45, 2.75) is 0 Å². The Hall–Kier alpha value is -2.94. The third kappa shape index (κ3) is 4.58. The number of hydrogen-bond acceptors (Lipinski definition) is 2. The lowest BCUT2D eigenvalue weighted by Gasteiger charge is -1.98. The van der Waals surface area contributed by atoms with Gasteiger partial charge in [-0.3, -0.25) is 4.79 Å². The summed E-state index contributed by atoms with van der Waals surface area (Å²) in [6.07, 6.45) is 5.76. The fraction of sp³-hybridized carbons (Fsp3) is 0. The molecule has 3 nitrogen and oxygen atoms in total. The van der Waals surface area contributed by atoms with Crippen LogP contribution in [0, 0.1) is 0 Å². The molecule has 0 saturated carbocycles. The number of carboxylic acids is 1. The molecule has 2 aromatic carbocycles. The van der Waals surface area contributed by atoms with Gasteiger partial charge in [0.25, 0.3) is 0 Å². The minimum atomic E-state index is -1.02. The Kier molecular flexibility index (Phi) is 4.83. The number of carbonyl (C=O) groups is 2. The summed E-state index contributed by atoms with van der Waals surface area (Å²) in [5, 5.41) is 8.60. The fourth-order valence-electron chi connectivity index (χ4n) is 1.80. The Bertz CT molecular complexity index is 697. The molecule has 0 aliphatic carbocycles. The smallest absolute Gasteiger partial charge is 0.328 e. The van der Waals surface area contributed by atoms with Crippen molar-refractivity contribution in [3.05, 3.63) is 83.4 Å². The molecule has 0 aromatic heterocycles. The fourth-order valence-corrected chi connectivity index (χ4v) is 1.80. The summed E-state index contributed by atoms with van der Waals surface area (Å²) in [5.74, 6) is -1.14. The Balaban J connectivity index is 2.14. The van der Waals surface area contributed by atoms with Crippen LogP contribution < -0.4 is 0 Å². The molecule has 0 bridgehead atoms. The molecule has 0 aliphatic heterocycles. The molecule has 21 heavy (non-hydrogen) atoms. The number of carbonyl (C=O) groups excluding carboxylic acids is 1. The predicted molar refractivity (Wildman–Crippen MR) is 82.9 cm³/mol. The SMILES string of the molecule is O=C(O)C=Cc1cccc(C(=O)C=Cc2ccccc2)c1. The maximum Gasteiger partial charge on any atom is 0.328 e. The average Bonchev–Trinajstić information content (AvgIpc) is 2.52. The number of benzene rings is 2. The van der Waals surface area contributed by atoms with Crippen LogP contribution in [0.25, 0.3) is 12.2 Å². The molecule has 0 saturated heterocycles. The minimum absolute atomic E-state index is 0.121. The molecule has 0 aliphatic rings. The van der Waals surface area contributed by atoms with Crippen LogP contribution in [-0.4, -0.2) is 16.9 Å². The summed E-state index contributed by atoms with van der Waals surface area (Å²) in [5.41, 5.74) is 2.15. The van der Waals surface area contributed by atoms with Crippen molar-refractivity contribution in [3.8, 4) is 0 Å². The van der Waals surface area contributed by atoms with Crippen molar-refractivity contribution in [2.75, 3.05) is 0 Å². The first-order chi connectivity index (χ1) is 10.1. The summed E-state index contributed by atoms with van der Waals surface area (Å²) >= 11 is 0. The van der Waals surface area contributed by atoms with Gasteiger partial charge in [0.1, 0.15) is 0 Å². The second kappa shape index (κ2) is 7.01. The van der Waals surface area contributed by atoms with Gasteiger partial charge in [-0.2, -0.15) is 0 Å². The Morgan fingerprint density at radius 3 is 2.19 bits per heavy atom. The van der Waals surface area contributed by atoms with Gasteiger partial charge < -0.3 is 5.11 Å². The van der Waals surface area contributed by atoms with Gasteiger partial charge in [0, 0.05) is 11.6 Å². The van der Waals surface area contributed by atoms with E-state index in [2.05, 4.69) is 0 Å². The van der Waals surface area contributed by atoms with Gasteiger partial charge in [-0.25, -0.2) is 4.79 Å². The van der Waals surface area contributed by atoms with Gasteiger partial charge in [0.15, 0.2) is 5.78 Å². The molecule has 0 unspecified atom stereocenters. The summed E-state index contributed by atoms with van der Waals surface area (Å²) in [7, 11) is 0. The van der Waals surface area contributed by atoms with E-state index in [-0.39, 0.29) is 5.78 Å². The molecule has 0 amide bonds. The average molecular weight is 278 g/mol. The molecule has 1 N–H and O–H groups in total. The maximum atomic E-state index is 12.1. The van der Waals surface area contributed by atoms with Crippen LogP contribution in [0.4, 0.5) is 0 Å². The standard InChI is InChI=1S/C18H14O3/c19-17(11-9-14-5-2-1-3-6-14)16-8-4-7-15(13-16)10-12-18(20)21/h1-13H,(H,20,21). The molecule has 2 rings (SSSR count). The van der Waals surface area contributed by atoms with E-state index in [4.69, 9.17) is 5.11 Å². The molecule has 2 aromatic rings. The molecular weight excluding hydrogens is 264 g/mol. The third-order valence-corrected chi connectivity index (χ3v) is 2.82. The zero-order valence-corrected chi connectivity index (χ0v) is 11.3. The molecular formula is C18H14O3. The van der Waals surface area contributed by atoms with E-state index < -0.39 is 5.97 Å². The second-order valence-electron chi connectivity index (χ2n) is 4.41. The highest BCUT2D eigenvalue weighted by Crippen LogP contribution is 2.10. The van der Waals surface area contributed by atoms with Crippen molar-refractivity contribution in [1.82, 2.24) is 0 Å². The highest BCUT2D eigenvalue weighted by atomic mass is 16.4. The number of rotatable bonds is 5. The Labute approximate surface area is 122 Å². The molecule has 0 atom stereocenters. The summed E-state index contributed by atoms with van der Waals surface area (Å²) < 4.78 is 0. The lowest BCUT2D eigenvalue weighted by atomic mass is 10.1. The molecule has 3 heteroatoms. The van der Waals surface area contributed by atoms with Crippen molar-refractivity contribution < 1.29 is 14.7 Å². The van der Waals surface area contributed by atoms with Gasteiger partial charge in [0.2, 0.25) is 0 Å². The summed E-state index contributed by atoms with van der Waals surface area (Å²) in [6, 6.07) is 16.4. The second-order valence-corrected chi connectivity index (χ2v) is 4.41. The number of ketones is 1. The van der Waals surface area contributed by atoms with Gasteiger partial charge >= 0.3 is 5.97 Å². The van der Waals surface area contributed by atoms with Gasteiger partial charge in [-0.15, -0.1) is 0 Å². The molecule has 104 valence electrons. The molecule has 0 radical (unpaired) electrons. The third-order valence-electron chi connectivity index (χ3n) is 2.82. The first-order valence-corrected chi connectivity index (χ1v) is 6.44. The van der Waals surface area contributed by atoms with Crippen molar-refractivity contribution in [2.24, 2.45) is 0 Å². The highest BCUT2D eigenvalue weighted by molar-refractivity contribution is 6.07. The van der Waals surface area contributed by atoms with E-state index >= 15 is 0 Å². The van der Waals surface area contributed by atoms with Crippen LogP contribution in [0.3, 0.4) is 0 Å². The lowest BCUT2D eigenvalue weighted by Crippen LogP contribution is -1.94. The molecule has 0 fully saturated rings. The molecule has 0 heterocycles. The van der Waals surface area contributed by atoms with E-state index in [1.54, 1.807) is 30.3 Å². The van der Waals surface area contributed by atoms with Crippen LogP contribution >= 0.6 is 0 Å². The van der Waals surface area contributed by atoms with Crippen LogP contribution in [0.15, 0.2) is 66.7 Å². The number of carboxylic acid groups (broad SMARTS) is 1. The number of hydrogen-bond donors (Lipinski definition) is 1. The van der Waals surface area contributed by atoms with E-state index in [1.165, 1.54) is 12.2 Å². The summed E-state index contributed by atoms with van der Waals surface area (Å²) in [4.78, 5) is 22.6. The number of allylic oxidation sites excluding steroid dienone is 1. The Morgan fingerprint density at radius 2 is 1.48 bits per heavy atom. The van der Waals surface area contributed by atoms with Gasteiger partial charge in [-0.1, -0.05) is 54.6 Å². The van der Waals surface area contributed by atoms with E-state index in [1.807, 2.05) is 30.3 Å². The highest BCUT2D eigenvalue weighted by Gasteiger charge is 2.02.